The largest absolute Gasteiger partial charge is 0.326 e. The molecular weight excluding hydrogens is 310 g/mol. The smallest absolute Gasteiger partial charge is 0.224 e. The second kappa shape index (κ2) is 6.27. The Kier molecular flexibility index (Phi) is 4.50. The Labute approximate surface area is 138 Å². The first-order chi connectivity index (χ1) is 10.8. The molecule has 2 aliphatic rings. The predicted octanol–water partition coefficient (Wildman–Crippen LogP) is 3.30. The van der Waals surface area contributed by atoms with E-state index in [9.17, 15) is 13.2 Å². The maximum Gasteiger partial charge on any atom is 0.224 e. The van der Waals surface area contributed by atoms with Crippen LogP contribution in [0.1, 0.15) is 43.2 Å². The van der Waals surface area contributed by atoms with E-state index in [0.717, 1.165) is 28.7 Å². The van der Waals surface area contributed by atoms with E-state index in [1.54, 1.807) is 6.07 Å². The van der Waals surface area contributed by atoms with Gasteiger partial charge in [-0.15, -0.1) is 0 Å². The number of amides is 1. The Morgan fingerprint density at radius 3 is 2.65 bits per heavy atom. The van der Waals surface area contributed by atoms with Crippen molar-refractivity contribution in [2.45, 2.75) is 44.8 Å². The molecule has 0 aromatic heterocycles. The third-order valence-corrected chi connectivity index (χ3v) is 6.31. The summed E-state index contributed by atoms with van der Waals surface area (Å²) in [6, 6.07) is 5.46. The quantitative estimate of drug-likeness (QED) is 0.898. The minimum absolute atomic E-state index is 0.00885. The van der Waals surface area contributed by atoms with E-state index in [1.165, 1.54) is 31.9 Å². The number of carbonyl (C=O) groups is 1. The monoisotopic (exact) mass is 335 g/mol. The molecule has 0 aliphatic heterocycles. The first-order valence-corrected chi connectivity index (χ1v) is 10.4. The molecule has 2 aliphatic carbocycles. The molecule has 0 saturated heterocycles. The molecule has 2 saturated carbocycles. The average Bonchev–Trinajstić information content (AvgIpc) is 3.04. The van der Waals surface area contributed by atoms with Gasteiger partial charge in [-0.25, -0.2) is 8.42 Å². The Morgan fingerprint density at radius 1 is 1.26 bits per heavy atom. The Bertz CT molecular complexity index is 711. The molecule has 5 heteroatoms. The molecule has 0 heterocycles. The highest BCUT2D eigenvalue weighted by atomic mass is 32.2. The van der Waals surface area contributed by atoms with Crippen LogP contribution in [0.2, 0.25) is 0 Å². The molecule has 3 rings (SSSR count). The van der Waals surface area contributed by atoms with E-state index < -0.39 is 9.84 Å². The molecule has 1 aromatic rings. The van der Waals surface area contributed by atoms with Gasteiger partial charge in [0.2, 0.25) is 5.91 Å². The Balaban J connectivity index is 1.65. The fraction of sp³-hybridized carbons (Fsp3) is 0.611. The Hall–Kier alpha value is -1.36. The summed E-state index contributed by atoms with van der Waals surface area (Å²) in [5.74, 6) is 2.19. The SMILES string of the molecule is Cc1c(CS(C)(=O)=O)cccc1NC(=O)CC1CC2CCC1C2. The molecule has 0 radical (unpaired) electrons. The topological polar surface area (TPSA) is 63.2 Å². The molecule has 1 aromatic carbocycles. The van der Waals surface area contributed by atoms with E-state index >= 15 is 0 Å². The van der Waals surface area contributed by atoms with Crippen LogP contribution in [0, 0.1) is 24.7 Å². The summed E-state index contributed by atoms with van der Waals surface area (Å²) in [4.78, 5) is 12.4. The number of hydrogen-bond acceptors (Lipinski definition) is 3. The summed E-state index contributed by atoms with van der Waals surface area (Å²) in [6.45, 7) is 1.87. The van der Waals surface area contributed by atoms with Crippen LogP contribution in [0.4, 0.5) is 5.69 Å². The number of anilines is 1. The molecule has 3 atom stereocenters. The standard InChI is InChI=1S/C18H25NO3S/c1-12-15(11-23(2,21)22)4-3-5-17(12)19-18(20)10-16-9-13-6-7-14(16)8-13/h3-5,13-14,16H,6-11H2,1-2H3,(H,19,20). The van der Waals surface area contributed by atoms with Gasteiger partial charge in [0.25, 0.3) is 0 Å². The van der Waals surface area contributed by atoms with Crippen LogP contribution >= 0.6 is 0 Å². The van der Waals surface area contributed by atoms with E-state index in [1.807, 2.05) is 19.1 Å². The molecule has 1 amide bonds. The molecule has 23 heavy (non-hydrogen) atoms. The van der Waals surface area contributed by atoms with Gasteiger partial charge < -0.3 is 5.32 Å². The van der Waals surface area contributed by atoms with Crippen LogP contribution in [-0.2, 0) is 20.4 Å². The highest BCUT2D eigenvalue weighted by Crippen LogP contribution is 2.49. The number of carbonyl (C=O) groups excluding carboxylic acids is 1. The third-order valence-electron chi connectivity index (χ3n) is 5.47. The molecule has 1 N–H and O–H groups in total. The summed E-state index contributed by atoms with van der Waals surface area (Å²) >= 11 is 0. The van der Waals surface area contributed by atoms with Crippen LogP contribution < -0.4 is 5.32 Å². The maximum absolute atomic E-state index is 12.4. The molecule has 2 bridgehead atoms. The summed E-state index contributed by atoms with van der Waals surface area (Å²) in [5.41, 5.74) is 2.34. The van der Waals surface area contributed by atoms with Gasteiger partial charge in [-0.3, -0.25) is 4.79 Å². The number of rotatable bonds is 5. The van der Waals surface area contributed by atoms with Gasteiger partial charge >= 0.3 is 0 Å². The van der Waals surface area contributed by atoms with Crippen molar-refractivity contribution in [3.8, 4) is 0 Å². The summed E-state index contributed by atoms with van der Waals surface area (Å²) < 4.78 is 23.0. The van der Waals surface area contributed by atoms with Crippen LogP contribution in [0.25, 0.3) is 0 Å². The van der Waals surface area contributed by atoms with Gasteiger partial charge in [0.05, 0.1) is 5.75 Å². The van der Waals surface area contributed by atoms with Crippen molar-refractivity contribution in [1.82, 2.24) is 0 Å². The predicted molar refractivity (Wildman–Crippen MR) is 91.9 cm³/mol. The lowest BCUT2D eigenvalue weighted by Gasteiger charge is -2.21. The highest BCUT2D eigenvalue weighted by Gasteiger charge is 2.40. The van der Waals surface area contributed by atoms with Gasteiger partial charge in [0, 0.05) is 18.4 Å². The molecule has 3 unspecified atom stereocenters. The van der Waals surface area contributed by atoms with E-state index in [4.69, 9.17) is 0 Å². The lowest BCUT2D eigenvalue weighted by Crippen LogP contribution is -2.21. The molecular formula is C18H25NO3S. The zero-order valence-electron chi connectivity index (χ0n) is 13.8. The van der Waals surface area contributed by atoms with Crippen molar-refractivity contribution >= 4 is 21.4 Å². The highest BCUT2D eigenvalue weighted by molar-refractivity contribution is 7.89. The van der Waals surface area contributed by atoms with Crippen molar-refractivity contribution in [1.29, 1.82) is 0 Å². The number of hydrogen-bond donors (Lipinski definition) is 1. The van der Waals surface area contributed by atoms with Crippen molar-refractivity contribution in [2.24, 2.45) is 17.8 Å². The first kappa shape index (κ1) is 16.5. The Morgan fingerprint density at radius 2 is 2.04 bits per heavy atom. The van der Waals surface area contributed by atoms with E-state index in [2.05, 4.69) is 5.32 Å². The van der Waals surface area contributed by atoms with Gasteiger partial charge in [-0.2, -0.15) is 0 Å². The lowest BCUT2D eigenvalue weighted by atomic mass is 9.86. The summed E-state index contributed by atoms with van der Waals surface area (Å²) in [6.07, 6.45) is 6.96. The number of fused-ring (bicyclic) bond motifs is 2. The van der Waals surface area contributed by atoms with Crippen LogP contribution in [0.3, 0.4) is 0 Å². The fourth-order valence-corrected chi connectivity index (χ4v) is 5.20. The maximum atomic E-state index is 12.4. The summed E-state index contributed by atoms with van der Waals surface area (Å²) in [5, 5.41) is 2.99. The van der Waals surface area contributed by atoms with Gasteiger partial charge in [0.1, 0.15) is 0 Å². The van der Waals surface area contributed by atoms with Gasteiger partial charge in [-0.1, -0.05) is 18.6 Å². The van der Waals surface area contributed by atoms with Gasteiger partial charge in [0.15, 0.2) is 9.84 Å². The number of sulfone groups is 1. The second-order valence-electron chi connectivity index (χ2n) is 7.35. The van der Waals surface area contributed by atoms with Crippen molar-refractivity contribution < 1.29 is 13.2 Å². The van der Waals surface area contributed by atoms with E-state index in [0.29, 0.717) is 12.3 Å². The summed E-state index contributed by atoms with van der Waals surface area (Å²) in [7, 11) is -3.08. The third kappa shape index (κ3) is 3.94. The second-order valence-corrected chi connectivity index (χ2v) is 9.49. The fourth-order valence-electron chi connectivity index (χ4n) is 4.32. The molecule has 126 valence electrons. The zero-order chi connectivity index (χ0) is 16.6. The van der Waals surface area contributed by atoms with Crippen molar-refractivity contribution in [3.63, 3.8) is 0 Å². The average molecular weight is 335 g/mol. The van der Waals surface area contributed by atoms with Gasteiger partial charge in [-0.05, 0) is 61.1 Å². The van der Waals surface area contributed by atoms with Crippen LogP contribution in [0.15, 0.2) is 18.2 Å². The van der Waals surface area contributed by atoms with Crippen LogP contribution in [0.5, 0.6) is 0 Å². The number of benzene rings is 1. The minimum atomic E-state index is -3.08. The first-order valence-electron chi connectivity index (χ1n) is 8.38. The van der Waals surface area contributed by atoms with Crippen LogP contribution in [-0.4, -0.2) is 20.6 Å². The van der Waals surface area contributed by atoms with E-state index in [-0.39, 0.29) is 11.7 Å². The number of nitrogens with one attached hydrogen (secondary N) is 1. The van der Waals surface area contributed by atoms with Crippen molar-refractivity contribution in [3.05, 3.63) is 29.3 Å². The normalized spacial score (nSPS) is 26.4. The van der Waals surface area contributed by atoms with Crippen molar-refractivity contribution in [2.75, 3.05) is 11.6 Å². The molecule has 2 fully saturated rings. The molecule has 0 spiro atoms. The lowest BCUT2D eigenvalue weighted by molar-refractivity contribution is -0.117. The molecule has 4 nitrogen and oxygen atoms in total. The zero-order valence-corrected chi connectivity index (χ0v) is 14.7. The minimum Gasteiger partial charge on any atom is -0.326 e.